The Morgan fingerprint density at radius 3 is 2.32 bits per heavy atom. The van der Waals surface area contributed by atoms with Crippen LogP contribution in [0.4, 0.5) is 0 Å². The number of aryl methyl sites for hydroxylation is 2. The lowest BCUT2D eigenvalue weighted by atomic mass is 10.00. The van der Waals surface area contributed by atoms with Crippen LogP contribution in [0.1, 0.15) is 50.2 Å². The van der Waals surface area contributed by atoms with Gasteiger partial charge in [-0.1, -0.05) is 20.8 Å². The Labute approximate surface area is 116 Å². The normalized spacial score (nSPS) is 13.7. The standard InChI is InChI=1S/C13H25N3O2S/c1-5-10(14)13-11(6-2)15-16(12(13)7-3)8-9-19(4,17)18/h10H,5-9,14H2,1-4H3. The highest BCUT2D eigenvalue weighted by Gasteiger charge is 2.20. The molecule has 1 unspecified atom stereocenters. The molecule has 6 heteroatoms. The fraction of sp³-hybridized carbons (Fsp3) is 0.769. The smallest absolute Gasteiger partial charge is 0.149 e. The molecule has 0 amide bonds. The van der Waals surface area contributed by atoms with Crippen molar-refractivity contribution in [1.29, 1.82) is 0 Å². The number of aromatic nitrogens is 2. The van der Waals surface area contributed by atoms with Gasteiger partial charge in [0.15, 0.2) is 0 Å². The highest BCUT2D eigenvalue weighted by molar-refractivity contribution is 7.90. The van der Waals surface area contributed by atoms with Crippen molar-refractivity contribution in [2.45, 2.75) is 52.6 Å². The molecular formula is C13H25N3O2S. The molecule has 0 bridgehead atoms. The molecule has 0 aliphatic carbocycles. The number of rotatable bonds is 7. The van der Waals surface area contributed by atoms with Crippen LogP contribution < -0.4 is 5.73 Å². The summed E-state index contributed by atoms with van der Waals surface area (Å²) in [4.78, 5) is 0. The molecule has 1 heterocycles. The third-order valence-electron chi connectivity index (χ3n) is 3.33. The van der Waals surface area contributed by atoms with Crippen LogP contribution in [0.2, 0.25) is 0 Å². The predicted molar refractivity (Wildman–Crippen MR) is 77.9 cm³/mol. The molecule has 19 heavy (non-hydrogen) atoms. The highest BCUT2D eigenvalue weighted by Crippen LogP contribution is 2.24. The van der Waals surface area contributed by atoms with Gasteiger partial charge in [0.1, 0.15) is 9.84 Å². The Morgan fingerprint density at radius 1 is 1.26 bits per heavy atom. The molecule has 2 N–H and O–H groups in total. The van der Waals surface area contributed by atoms with Crippen LogP contribution in [-0.2, 0) is 29.2 Å². The summed E-state index contributed by atoms with van der Waals surface area (Å²) in [5.41, 5.74) is 9.36. The van der Waals surface area contributed by atoms with Crippen LogP contribution in [0.15, 0.2) is 0 Å². The fourth-order valence-corrected chi connectivity index (χ4v) is 2.77. The minimum Gasteiger partial charge on any atom is -0.324 e. The fourth-order valence-electron chi connectivity index (χ4n) is 2.27. The van der Waals surface area contributed by atoms with E-state index in [1.165, 1.54) is 6.26 Å². The van der Waals surface area contributed by atoms with Gasteiger partial charge in [-0.2, -0.15) is 5.10 Å². The third kappa shape index (κ3) is 4.04. The summed E-state index contributed by atoms with van der Waals surface area (Å²) in [7, 11) is -2.98. The van der Waals surface area contributed by atoms with Gasteiger partial charge in [0, 0.05) is 23.6 Å². The first-order valence-electron chi connectivity index (χ1n) is 6.85. The number of nitrogens with two attached hydrogens (primary N) is 1. The first-order valence-corrected chi connectivity index (χ1v) is 8.91. The van der Waals surface area contributed by atoms with Gasteiger partial charge in [0.2, 0.25) is 0 Å². The molecule has 1 aromatic rings. The van der Waals surface area contributed by atoms with E-state index in [1.807, 2.05) is 4.68 Å². The third-order valence-corrected chi connectivity index (χ3v) is 4.25. The molecule has 0 aliphatic rings. The first kappa shape index (κ1) is 16.2. The minimum atomic E-state index is -2.98. The summed E-state index contributed by atoms with van der Waals surface area (Å²) in [5, 5.41) is 4.54. The van der Waals surface area contributed by atoms with Crippen LogP contribution in [0.5, 0.6) is 0 Å². The van der Waals surface area contributed by atoms with E-state index in [0.717, 1.165) is 36.2 Å². The second kappa shape index (κ2) is 6.52. The predicted octanol–water partition coefficient (Wildman–Crippen LogP) is 1.46. The van der Waals surface area contributed by atoms with Crippen LogP contribution in [-0.4, -0.2) is 30.2 Å². The number of nitrogens with zero attached hydrogens (tertiary/aromatic N) is 2. The molecular weight excluding hydrogens is 262 g/mol. The molecule has 0 spiro atoms. The summed E-state index contributed by atoms with van der Waals surface area (Å²) in [6.07, 6.45) is 3.75. The molecule has 1 atom stereocenters. The van der Waals surface area contributed by atoms with Crippen molar-refractivity contribution < 1.29 is 8.42 Å². The van der Waals surface area contributed by atoms with Gasteiger partial charge in [-0.15, -0.1) is 0 Å². The zero-order chi connectivity index (χ0) is 14.6. The van der Waals surface area contributed by atoms with Gasteiger partial charge in [0.05, 0.1) is 18.0 Å². The van der Waals surface area contributed by atoms with Crippen LogP contribution >= 0.6 is 0 Å². The maximum absolute atomic E-state index is 11.3. The van der Waals surface area contributed by atoms with E-state index in [0.29, 0.717) is 6.54 Å². The Kier molecular flexibility index (Phi) is 5.55. The zero-order valence-electron chi connectivity index (χ0n) is 12.3. The van der Waals surface area contributed by atoms with Gasteiger partial charge < -0.3 is 5.73 Å². The van der Waals surface area contributed by atoms with Crippen LogP contribution in [0.3, 0.4) is 0 Å². The summed E-state index contributed by atoms with van der Waals surface area (Å²) >= 11 is 0. The van der Waals surface area contributed by atoms with Gasteiger partial charge in [-0.25, -0.2) is 8.42 Å². The lowest BCUT2D eigenvalue weighted by molar-refractivity contribution is 0.575. The summed E-state index contributed by atoms with van der Waals surface area (Å²) < 4.78 is 24.4. The maximum atomic E-state index is 11.3. The molecule has 110 valence electrons. The summed E-state index contributed by atoms with van der Waals surface area (Å²) in [5.74, 6) is 0.117. The van der Waals surface area contributed by atoms with Crippen LogP contribution in [0.25, 0.3) is 0 Å². The Morgan fingerprint density at radius 2 is 1.89 bits per heavy atom. The Balaban J connectivity index is 3.15. The monoisotopic (exact) mass is 287 g/mol. The molecule has 0 fully saturated rings. The lowest BCUT2D eigenvalue weighted by Crippen LogP contribution is -2.16. The zero-order valence-corrected chi connectivity index (χ0v) is 13.1. The number of hydrogen-bond donors (Lipinski definition) is 1. The van der Waals surface area contributed by atoms with E-state index in [9.17, 15) is 8.42 Å². The summed E-state index contributed by atoms with van der Waals surface area (Å²) in [6, 6.07) is -0.0168. The second-order valence-corrected chi connectivity index (χ2v) is 7.14. The van der Waals surface area contributed by atoms with E-state index in [-0.39, 0.29) is 11.8 Å². The minimum absolute atomic E-state index is 0.0168. The average molecular weight is 287 g/mol. The van der Waals surface area contributed by atoms with Crippen molar-refractivity contribution >= 4 is 9.84 Å². The van der Waals surface area contributed by atoms with Gasteiger partial charge in [0.25, 0.3) is 0 Å². The first-order chi connectivity index (χ1) is 8.84. The lowest BCUT2D eigenvalue weighted by Gasteiger charge is -2.12. The molecule has 0 saturated carbocycles. The molecule has 1 rings (SSSR count). The number of sulfone groups is 1. The summed E-state index contributed by atoms with van der Waals surface area (Å²) in [6.45, 7) is 6.57. The van der Waals surface area contributed by atoms with Crippen molar-refractivity contribution in [1.82, 2.24) is 9.78 Å². The Bertz CT molecular complexity index is 520. The quantitative estimate of drug-likeness (QED) is 0.823. The van der Waals surface area contributed by atoms with E-state index < -0.39 is 9.84 Å². The van der Waals surface area contributed by atoms with E-state index >= 15 is 0 Å². The molecule has 0 aromatic carbocycles. The van der Waals surface area contributed by atoms with Gasteiger partial charge in [-0.05, 0) is 19.3 Å². The topological polar surface area (TPSA) is 78.0 Å². The molecule has 0 radical (unpaired) electrons. The number of hydrogen-bond acceptors (Lipinski definition) is 4. The maximum Gasteiger partial charge on any atom is 0.149 e. The van der Waals surface area contributed by atoms with E-state index in [2.05, 4.69) is 25.9 Å². The van der Waals surface area contributed by atoms with Gasteiger partial charge >= 0.3 is 0 Å². The highest BCUT2D eigenvalue weighted by atomic mass is 32.2. The average Bonchev–Trinajstić information content (AvgIpc) is 2.72. The van der Waals surface area contributed by atoms with Crippen LogP contribution in [0, 0.1) is 0 Å². The van der Waals surface area contributed by atoms with Crippen molar-refractivity contribution in [3.05, 3.63) is 17.0 Å². The molecule has 5 nitrogen and oxygen atoms in total. The van der Waals surface area contributed by atoms with E-state index in [4.69, 9.17) is 5.73 Å². The molecule has 0 saturated heterocycles. The van der Waals surface area contributed by atoms with Gasteiger partial charge in [-0.3, -0.25) is 4.68 Å². The van der Waals surface area contributed by atoms with Crippen molar-refractivity contribution in [2.24, 2.45) is 5.73 Å². The van der Waals surface area contributed by atoms with Crippen molar-refractivity contribution in [3.63, 3.8) is 0 Å². The van der Waals surface area contributed by atoms with Crippen molar-refractivity contribution in [2.75, 3.05) is 12.0 Å². The Hall–Kier alpha value is -0.880. The largest absolute Gasteiger partial charge is 0.324 e. The van der Waals surface area contributed by atoms with E-state index in [1.54, 1.807) is 0 Å². The second-order valence-electron chi connectivity index (χ2n) is 4.88. The SMILES string of the molecule is CCc1nn(CCS(C)(=O)=O)c(CC)c1C(N)CC. The molecule has 0 aliphatic heterocycles. The molecule has 1 aromatic heterocycles. The van der Waals surface area contributed by atoms with Crippen molar-refractivity contribution in [3.8, 4) is 0 Å².